The monoisotopic (exact) mass is 262 g/mol. The third-order valence-electron chi connectivity index (χ3n) is 3.18. The van der Waals surface area contributed by atoms with E-state index in [0.717, 1.165) is 0 Å². The smallest absolute Gasteiger partial charge is 0.0887 e. The molecular weight excluding hydrogens is 236 g/mol. The molecule has 0 radical (unpaired) electrons. The zero-order valence-corrected chi connectivity index (χ0v) is 16.4. The van der Waals surface area contributed by atoms with E-state index < -0.39 is 0 Å². The molecule has 0 aromatic heterocycles. The molecule has 14 heavy (non-hydrogen) atoms. The van der Waals surface area contributed by atoms with Gasteiger partial charge < -0.3 is 8.46 Å². The highest BCUT2D eigenvalue weighted by Crippen LogP contribution is 2.16. The second kappa shape index (κ2) is 4.34. The van der Waals surface area contributed by atoms with Crippen molar-refractivity contribution in [2.24, 2.45) is 0 Å². The minimum atomic E-state index is 0.186. The van der Waals surface area contributed by atoms with Crippen molar-refractivity contribution < 1.29 is 0 Å². The van der Waals surface area contributed by atoms with E-state index in [1.54, 1.807) is 0 Å². The highest BCUT2D eigenvalue weighted by molar-refractivity contribution is 7.15. The zero-order chi connectivity index (χ0) is 11.0. The van der Waals surface area contributed by atoms with Gasteiger partial charge in [-0.1, -0.05) is 0 Å². The van der Waals surface area contributed by atoms with Crippen LogP contribution in [-0.2, 0) is 0 Å². The first kappa shape index (κ1) is 12.9. The summed E-state index contributed by atoms with van der Waals surface area (Å²) >= 11 is 0. The van der Waals surface area contributed by atoms with E-state index in [1.165, 1.54) is 0 Å². The van der Waals surface area contributed by atoms with E-state index >= 15 is 0 Å². The minimum absolute atomic E-state index is 0.186. The Labute approximate surface area is 98.0 Å². The van der Waals surface area contributed by atoms with Crippen LogP contribution >= 0.6 is 0 Å². The summed E-state index contributed by atoms with van der Waals surface area (Å²) in [5.74, 6) is 0. The van der Waals surface area contributed by atoms with E-state index in [0.29, 0.717) is 11.1 Å². The van der Waals surface area contributed by atoms with Crippen molar-refractivity contribution in [2.45, 2.75) is 52.6 Å². The van der Waals surface area contributed by atoms with Crippen molar-refractivity contribution in [3.05, 3.63) is 0 Å². The van der Waals surface area contributed by atoms with Crippen LogP contribution in [0.15, 0.2) is 0 Å². The second-order valence-corrected chi connectivity index (χ2v) is 18.3. The van der Waals surface area contributed by atoms with Crippen LogP contribution in [0.1, 0.15) is 41.5 Å². The summed E-state index contributed by atoms with van der Waals surface area (Å²) in [6, 6.07) is 0. The topological polar surface area (TPSA) is 6.48 Å². The van der Waals surface area contributed by atoms with Gasteiger partial charge in [0, 0.05) is 0 Å². The average molecular weight is 263 g/mol. The number of nitrogens with zero attached hydrogens (tertiary/aromatic N) is 2. The molecule has 0 amide bonds. The highest BCUT2D eigenvalue weighted by atomic mass is 29.2. The first-order chi connectivity index (χ1) is 6.21. The third kappa shape index (κ3) is 3.42. The van der Waals surface area contributed by atoms with Crippen LogP contribution < -0.4 is 0 Å². The molecule has 0 atom stereocenters. The molecule has 2 nitrogen and oxygen atoms in total. The largest absolute Gasteiger partial charge is 0.353 e. The van der Waals surface area contributed by atoms with E-state index in [9.17, 15) is 0 Å². The highest BCUT2D eigenvalue weighted by Gasteiger charge is 2.30. The fourth-order valence-corrected chi connectivity index (χ4v) is 39.6. The van der Waals surface area contributed by atoms with Gasteiger partial charge in [-0.15, -0.1) is 0 Å². The number of rotatable bonds is 0. The molecule has 1 saturated heterocycles. The van der Waals surface area contributed by atoms with Crippen LogP contribution in [0.25, 0.3) is 0 Å². The molecule has 1 aliphatic rings. The van der Waals surface area contributed by atoms with Crippen LogP contribution in [0.2, 0.25) is 0 Å². The molecule has 1 fully saturated rings. The van der Waals surface area contributed by atoms with Crippen molar-refractivity contribution in [1.29, 1.82) is 0 Å². The van der Waals surface area contributed by atoms with E-state index in [4.69, 9.17) is 0 Å². The Kier molecular flexibility index (Phi) is 3.99. The first-order valence-corrected chi connectivity index (χ1v) is 16.2. The summed E-state index contributed by atoms with van der Waals surface area (Å²) in [4.78, 5) is 0. The lowest BCUT2D eigenvalue weighted by molar-refractivity contribution is 0.359. The van der Waals surface area contributed by atoms with Gasteiger partial charge in [0.05, 0.1) is 36.8 Å². The summed E-state index contributed by atoms with van der Waals surface area (Å²) in [5, 5.41) is 0. The molecule has 84 valence electrons. The summed E-state index contributed by atoms with van der Waals surface area (Å²) in [6.07, 6.45) is 0. The fourth-order valence-electron chi connectivity index (χ4n) is 2.05. The lowest BCUT2D eigenvalue weighted by Gasteiger charge is -2.46. The van der Waals surface area contributed by atoms with Crippen LogP contribution in [0.4, 0.5) is 0 Å². The zero-order valence-electron chi connectivity index (χ0n) is 10.7. The minimum Gasteiger partial charge on any atom is -0.353 e. The molecule has 0 aromatic rings. The van der Waals surface area contributed by atoms with Gasteiger partial charge in [0.15, 0.2) is 0 Å². The van der Waals surface area contributed by atoms with Gasteiger partial charge in [0.25, 0.3) is 0 Å². The molecule has 0 saturated carbocycles. The molecule has 0 spiro atoms. The van der Waals surface area contributed by atoms with E-state index in [-0.39, 0.29) is 36.8 Å². The molecule has 1 heterocycles. The number of hydrogen-bond donors (Lipinski definition) is 0. The van der Waals surface area contributed by atoms with Crippen LogP contribution in [0.3, 0.4) is 0 Å². The van der Waals surface area contributed by atoms with Gasteiger partial charge >= 0.3 is 0 Å². The van der Waals surface area contributed by atoms with Crippen molar-refractivity contribution in [2.75, 3.05) is 0 Å². The van der Waals surface area contributed by atoms with Gasteiger partial charge in [0.1, 0.15) is 0 Å². The van der Waals surface area contributed by atoms with Crippen molar-refractivity contribution in [1.82, 2.24) is 8.46 Å². The van der Waals surface area contributed by atoms with Gasteiger partial charge in [-0.2, -0.15) is 0 Å². The summed E-state index contributed by atoms with van der Waals surface area (Å²) in [7, 11) is 0.743. The van der Waals surface area contributed by atoms with Gasteiger partial charge in [0.2, 0.25) is 0 Å². The molecule has 1 aliphatic heterocycles. The Balaban J connectivity index is 2.47. The molecule has 6 heteroatoms. The average Bonchev–Trinajstić information content (AvgIpc) is 2.01. The lowest BCUT2D eigenvalue weighted by Crippen LogP contribution is -2.64. The second-order valence-electron chi connectivity index (χ2n) is 6.32. The maximum atomic E-state index is 2.98. The normalized spacial score (nSPS) is 29.6. The van der Waals surface area contributed by atoms with Crippen molar-refractivity contribution in [3.8, 4) is 0 Å². The molecule has 1 rings (SSSR count). The SMILES string of the molecule is CC(C)(C)N1[SiH2][SiH2]N(C(C)(C)C)[SiH2][SiH2]1. The van der Waals surface area contributed by atoms with Crippen LogP contribution in [-0.4, -0.2) is 56.3 Å². The predicted molar refractivity (Wildman–Crippen MR) is 77.4 cm³/mol. The molecule has 0 bridgehead atoms. The predicted octanol–water partition coefficient (Wildman–Crippen LogP) is -1.63. The van der Waals surface area contributed by atoms with Gasteiger partial charge in [-0.05, 0) is 52.6 Å². The molecule has 0 aliphatic carbocycles. The quantitative estimate of drug-likeness (QED) is 0.484. The van der Waals surface area contributed by atoms with Gasteiger partial charge in [-0.25, -0.2) is 0 Å². The molecular formula is C8H26N2Si4. The van der Waals surface area contributed by atoms with E-state index in [2.05, 4.69) is 50.0 Å². The molecule has 0 unspecified atom stereocenters. The summed E-state index contributed by atoms with van der Waals surface area (Å²) in [5.41, 5.74) is 1.06. The number of hydrogen-bond acceptors (Lipinski definition) is 2. The third-order valence-corrected chi connectivity index (χ3v) is 28.6. The Morgan fingerprint density at radius 2 is 0.786 bits per heavy atom. The Morgan fingerprint density at radius 1 is 0.571 bits per heavy atom. The summed E-state index contributed by atoms with van der Waals surface area (Å²) in [6.45, 7) is 14.5. The summed E-state index contributed by atoms with van der Waals surface area (Å²) < 4.78 is 5.96. The Hall–Kier alpha value is 0.788. The molecule has 0 N–H and O–H groups in total. The maximum absolute atomic E-state index is 2.98. The Morgan fingerprint density at radius 3 is 0.929 bits per heavy atom. The van der Waals surface area contributed by atoms with Crippen molar-refractivity contribution >= 4 is 36.8 Å². The molecule has 0 aromatic carbocycles. The van der Waals surface area contributed by atoms with Crippen LogP contribution in [0.5, 0.6) is 0 Å². The van der Waals surface area contributed by atoms with Crippen LogP contribution in [0, 0.1) is 0 Å². The van der Waals surface area contributed by atoms with Crippen molar-refractivity contribution in [3.63, 3.8) is 0 Å². The van der Waals surface area contributed by atoms with E-state index in [1.807, 2.05) is 0 Å². The fraction of sp³-hybridized carbons (Fsp3) is 1.00. The maximum Gasteiger partial charge on any atom is 0.0887 e. The first-order valence-electron chi connectivity index (χ1n) is 5.71. The van der Waals surface area contributed by atoms with Gasteiger partial charge in [-0.3, -0.25) is 0 Å². The Bertz CT molecular complexity index is 166. The lowest BCUT2D eigenvalue weighted by atomic mass is 10.1. The standard InChI is InChI=1S/C8H26N2Si4/c1-7(2,3)9-11-13-10(14-12-9)8(4,5)6/h11-14H2,1-6H3.